The van der Waals surface area contributed by atoms with E-state index in [0.717, 1.165) is 9.80 Å². The summed E-state index contributed by atoms with van der Waals surface area (Å²) in [6.45, 7) is 0. The standard InChI is InChI=1S/C40H31ClN2O8/c1-51-26-13-14-28(32(44)19-26)34-27-15-16-29-33(37(47)42(35(29)45)24-11-5-7-21(17-24)38(48)49)30(27)20-31-36(46)43(25-12-6-10-23(41)18-25)39(50)40(31,34)22-8-3-2-4-9-22/h2-15,17-19,29-31,33-34,44H,16,20H2,1H3,(H,48,49). The highest BCUT2D eigenvalue weighted by molar-refractivity contribution is 6.32. The van der Waals surface area contributed by atoms with Gasteiger partial charge in [0.25, 0.3) is 0 Å². The molecule has 6 unspecified atom stereocenters. The van der Waals surface area contributed by atoms with Crippen LogP contribution in [0.2, 0.25) is 5.02 Å². The number of phenolic OH excluding ortho intramolecular Hbond substituents is 1. The van der Waals surface area contributed by atoms with Gasteiger partial charge in [0.2, 0.25) is 23.6 Å². The number of carboxylic acid groups (broad SMARTS) is 1. The molecule has 4 aliphatic rings. The van der Waals surface area contributed by atoms with Crippen molar-refractivity contribution >= 4 is 52.6 Å². The highest BCUT2D eigenvalue weighted by atomic mass is 35.5. The van der Waals surface area contributed by atoms with E-state index in [1.165, 1.54) is 37.4 Å². The zero-order chi connectivity index (χ0) is 35.8. The number of carbonyl (C=O) groups excluding carboxylic acids is 4. The SMILES string of the molecule is COc1ccc(C2C3=CCC4C(=O)N(c5cccc(C(=O)O)c5)C(=O)C4C3CC3C(=O)N(c4cccc(Cl)c4)C(=O)C32c2ccccc2)c(O)c1. The van der Waals surface area contributed by atoms with Gasteiger partial charge in [-0.3, -0.25) is 24.1 Å². The number of fused-ring (bicyclic) bond motifs is 4. The lowest BCUT2D eigenvalue weighted by Crippen LogP contribution is -2.53. The second-order valence-corrected chi connectivity index (χ2v) is 13.8. The molecule has 0 aromatic heterocycles. The van der Waals surface area contributed by atoms with E-state index < -0.39 is 64.6 Å². The maximum atomic E-state index is 15.3. The van der Waals surface area contributed by atoms with Gasteiger partial charge in [-0.15, -0.1) is 0 Å². The number of benzene rings is 4. The van der Waals surface area contributed by atoms with Gasteiger partial charge >= 0.3 is 5.97 Å². The van der Waals surface area contributed by atoms with E-state index >= 15 is 4.79 Å². The van der Waals surface area contributed by atoms with Crippen LogP contribution < -0.4 is 14.5 Å². The van der Waals surface area contributed by atoms with Crippen molar-refractivity contribution in [2.45, 2.75) is 24.2 Å². The summed E-state index contributed by atoms with van der Waals surface area (Å²) in [6.07, 6.45) is 2.13. The number of carboxylic acids is 1. The molecule has 8 rings (SSSR count). The predicted octanol–water partition coefficient (Wildman–Crippen LogP) is 6.12. The molecule has 256 valence electrons. The average Bonchev–Trinajstić information content (AvgIpc) is 3.52. The first-order valence-electron chi connectivity index (χ1n) is 16.6. The van der Waals surface area contributed by atoms with Crippen molar-refractivity contribution < 1.29 is 38.9 Å². The molecule has 2 N–H and O–H groups in total. The van der Waals surface area contributed by atoms with Crippen LogP contribution in [0, 0.1) is 23.7 Å². The molecule has 3 fully saturated rings. The molecule has 0 spiro atoms. The zero-order valence-corrected chi connectivity index (χ0v) is 28.0. The van der Waals surface area contributed by atoms with Crippen LogP contribution >= 0.6 is 11.6 Å². The van der Waals surface area contributed by atoms with Crippen molar-refractivity contribution in [3.05, 3.63) is 130 Å². The summed E-state index contributed by atoms with van der Waals surface area (Å²) in [5.41, 5.74) is 0.441. The molecule has 4 aromatic rings. The van der Waals surface area contributed by atoms with E-state index in [4.69, 9.17) is 16.3 Å². The van der Waals surface area contributed by atoms with Gasteiger partial charge in [0.15, 0.2) is 0 Å². The van der Waals surface area contributed by atoms with Gasteiger partial charge in [0.05, 0.1) is 47.2 Å². The van der Waals surface area contributed by atoms with Crippen LogP contribution in [0.4, 0.5) is 11.4 Å². The Hall–Kier alpha value is -5.74. The zero-order valence-electron chi connectivity index (χ0n) is 27.2. The molecule has 0 bridgehead atoms. The Morgan fingerprint density at radius 2 is 1.55 bits per heavy atom. The van der Waals surface area contributed by atoms with E-state index in [0.29, 0.717) is 33.2 Å². The van der Waals surface area contributed by atoms with Gasteiger partial charge in [0.1, 0.15) is 11.5 Å². The molecule has 2 aliphatic heterocycles. The van der Waals surface area contributed by atoms with E-state index in [1.54, 1.807) is 60.7 Å². The summed E-state index contributed by atoms with van der Waals surface area (Å²) in [7, 11) is 1.47. The molecule has 2 aliphatic carbocycles. The van der Waals surface area contributed by atoms with Crippen LogP contribution in [-0.4, -0.2) is 46.9 Å². The smallest absolute Gasteiger partial charge is 0.335 e. The molecule has 6 atom stereocenters. The largest absolute Gasteiger partial charge is 0.508 e. The van der Waals surface area contributed by atoms with Gasteiger partial charge in [0, 0.05) is 22.6 Å². The number of hydrogen-bond donors (Lipinski definition) is 2. The van der Waals surface area contributed by atoms with Crippen LogP contribution in [0.3, 0.4) is 0 Å². The first-order chi connectivity index (χ1) is 24.6. The lowest BCUT2D eigenvalue weighted by Gasteiger charge is -2.50. The van der Waals surface area contributed by atoms with Crippen LogP contribution in [0.15, 0.2) is 109 Å². The topological polar surface area (TPSA) is 142 Å². The van der Waals surface area contributed by atoms with Crippen molar-refractivity contribution in [1.82, 2.24) is 0 Å². The number of rotatable bonds is 6. The first-order valence-corrected chi connectivity index (χ1v) is 16.9. The van der Waals surface area contributed by atoms with Crippen molar-refractivity contribution in [2.24, 2.45) is 23.7 Å². The lowest BCUT2D eigenvalue weighted by atomic mass is 9.49. The fourth-order valence-corrected chi connectivity index (χ4v) is 9.20. The number of anilines is 2. The Morgan fingerprint density at radius 1 is 0.824 bits per heavy atom. The number of hydrogen-bond acceptors (Lipinski definition) is 7. The van der Waals surface area contributed by atoms with E-state index in [9.17, 15) is 29.4 Å². The maximum Gasteiger partial charge on any atom is 0.335 e. The third-order valence-electron chi connectivity index (χ3n) is 11.1. The first kappa shape index (κ1) is 32.5. The molecule has 2 saturated heterocycles. The fourth-order valence-electron chi connectivity index (χ4n) is 9.02. The monoisotopic (exact) mass is 702 g/mol. The molecule has 0 radical (unpaired) electrons. The normalized spacial score (nSPS) is 26.8. The quantitative estimate of drug-likeness (QED) is 0.181. The number of nitrogens with zero attached hydrogens (tertiary/aromatic N) is 2. The minimum atomic E-state index is -1.55. The van der Waals surface area contributed by atoms with Gasteiger partial charge in [-0.1, -0.05) is 71.8 Å². The summed E-state index contributed by atoms with van der Waals surface area (Å²) < 4.78 is 5.38. The Bertz CT molecular complexity index is 2200. The molecule has 51 heavy (non-hydrogen) atoms. The highest BCUT2D eigenvalue weighted by Gasteiger charge is 2.70. The molecule has 1 saturated carbocycles. The summed E-state index contributed by atoms with van der Waals surface area (Å²) in [4.78, 5) is 72.6. The van der Waals surface area contributed by atoms with Crippen LogP contribution in [0.25, 0.3) is 0 Å². The number of ether oxygens (including phenoxy) is 1. The van der Waals surface area contributed by atoms with Gasteiger partial charge in [-0.25, -0.2) is 9.69 Å². The van der Waals surface area contributed by atoms with Gasteiger partial charge < -0.3 is 14.9 Å². The highest BCUT2D eigenvalue weighted by Crippen LogP contribution is 2.65. The minimum Gasteiger partial charge on any atom is -0.508 e. The van der Waals surface area contributed by atoms with Crippen LogP contribution in [0.5, 0.6) is 11.5 Å². The van der Waals surface area contributed by atoms with Gasteiger partial charge in [-0.2, -0.15) is 0 Å². The number of amides is 4. The second kappa shape index (κ2) is 11.9. The third kappa shape index (κ3) is 4.66. The average molecular weight is 703 g/mol. The van der Waals surface area contributed by atoms with Crippen LogP contribution in [0.1, 0.15) is 40.2 Å². The molecular weight excluding hydrogens is 672 g/mol. The predicted molar refractivity (Wildman–Crippen MR) is 187 cm³/mol. The molecule has 11 heteroatoms. The molecule has 4 amide bonds. The van der Waals surface area contributed by atoms with Crippen molar-refractivity contribution in [2.75, 3.05) is 16.9 Å². The summed E-state index contributed by atoms with van der Waals surface area (Å²) in [6, 6.07) is 26.0. The second-order valence-electron chi connectivity index (χ2n) is 13.4. The number of phenols is 1. The summed E-state index contributed by atoms with van der Waals surface area (Å²) >= 11 is 6.37. The minimum absolute atomic E-state index is 0.0684. The van der Waals surface area contributed by atoms with Crippen molar-refractivity contribution in [3.8, 4) is 11.5 Å². The van der Waals surface area contributed by atoms with E-state index in [1.807, 2.05) is 12.1 Å². The Morgan fingerprint density at radius 3 is 2.24 bits per heavy atom. The number of aromatic carboxylic acids is 1. The molecule has 2 heterocycles. The molecular formula is C40H31ClN2O8. The number of methoxy groups -OCH3 is 1. The van der Waals surface area contributed by atoms with Crippen molar-refractivity contribution in [3.63, 3.8) is 0 Å². The number of imide groups is 2. The molecule has 4 aromatic carbocycles. The number of allylic oxidation sites excluding steroid dienone is 2. The van der Waals surface area contributed by atoms with Gasteiger partial charge in [-0.05, 0) is 66.8 Å². The third-order valence-corrected chi connectivity index (χ3v) is 11.3. The molecule has 10 nitrogen and oxygen atoms in total. The fraction of sp³-hybridized carbons (Fsp3) is 0.225. The Balaban J connectivity index is 1.35. The lowest BCUT2D eigenvalue weighted by molar-refractivity contribution is -0.127. The van der Waals surface area contributed by atoms with E-state index in [-0.39, 0.29) is 29.8 Å². The number of halogens is 1. The van der Waals surface area contributed by atoms with Crippen molar-refractivity contribution in [1.29, 1.82) is 0 Å². The Kier molecular flexibility index (Phi) is 7.61. The summed E-state index contributed by atoms with van der Waals surface area (Å²) in [5, 5.41) is 21.6. The van der Waals surface area contributed by atoms with Crippen LogP contribution in [-0.2, 0) is 24.6 Å². The maximum absolute atomic E-state index is 15.3. The van der Waals surface area contributed by atoms with E-state index in [2.05, 4.69) is 0 Å². The Labute approximate surface area is 297 Å². The summed E-state index contributed by atoms with van der Waals surface area (Å²) in [5.74, 6) is -7.17. The number of carbonyl (C=O) groups is 5. The number of aromatic hydroxyl groups is 1.